The van der Waals surface area contributed by atoms with E-state index >= 15 is 4.39 Å². The Morgan fingerprint density at radius 2 is 1.50 bits per heavy atom. The summed E-state index contributed by atoms with van der Waals surface area (Å²) in [6, 6.07) is 22.8. The number of likely N-dealkylation sites (N-methyl/N-ethyl adjacent to an activating group) is 1. The van der Waals surface area contributed by atoms with Gasteiger partial charge in [0.15, 0.2) is 0 Å². The summed E-state index contributed by atoms with van der Waals surface area (Å²) in [6.07, 6.45) is 0.152. The summed E-state index contributed by atoms with van der Waals surface area (Å²) >= 11 is 0. The molecule has 3 N–H and O–H groups in total. The minimum atomic E-state index is -3.80. The number of benzene rings is 4. The van der Waals surface area contributed by atoms with Gasteiger partial charge in [0, 0.05) is 42.8 Å². The van der Waals surface area contributed by atoms with Crippen LogP contribution in [-0.4, -0.2) is 57.4 Å². The van der Waals surface area contributed by atoms with E-state index in [1.807, 2.05) is 6.92 Å². The van der Waals surface area contributed by atoms with E-state index in [0.29, 0.717) is 24.2 Å². The van der Waals surface area contributed by atoms with Gasteiger partial charge in [0.1, 0.15) is 17.5 Å². The number of hydrogen-bond acceptors (Lipinski definition) is 5. The normalized spacial score (nSPS) is 17.0. The van der Waals surface area contributed by atoms with Gasteiger partial charge in [-0.1, -0.05) is 55.5 Å². The number of carbonyl (C=O) groups excluding carboxylic acids is 1. The molecule has 0 spiro atoms. The van der Waals surface area contributed by atoms with Crippen molar-refractivity contribution < 1.29 is 26.4 Å². The van der Waals surface area contributed by atoms with Crippen molar-refractivity contribution in [1.82, 2.24) is 14.9 Å². The molecule has 11 heteroatoms. The Morgan fingerprint density at radius 3 is 2.09 bits per heavy atom. The summed E-state index contributed by atoms with van der Waals surface area (Å²) in [5.74, 6) is -2.84. The largest absolute Gasteiger partial charge is 0.324 e. The molecule has 242 valence electrons. The quantitative estimate of drug-likeness (QED) is 0.205. The highest BCUT2D eigenvalue weighted by Crippen LogP contribution is 2.32. The standard InChI is InChI=1S/C35H37F3N4O3S/c1-23(32-22-40-19-20-42(32)46(44,45)28-7-4-3-5-8-28)21-29-30(38)9-6-10-31(29)41-35(43)34(39-2)33(24-11-15-26(36)16-12-24)25-13-17-27(37)18-14-25/h3-18,23,32-34,39-40H,19-22H2,1-2H3,(H,41,43)/t23?,32-,34-/m0/s1. The van der Waals surface area contributed by atoms with Crippen molar-refractivity contribution in [2.24, 2.45) is 5.92 Å². The fraction of sp³-hybridized carbons (Fsp3) is 0.286. The Balaban J connectivity index is 1.42. The summed E-state index contributed by atoms with van der Waals surface area (Å²) < 4.78 is 71.8. The number of sulfonamides is 1. The molecule has 0 saturated carbocycles. The van der Waals surface area contributed by atoms with Crippen LogP contribution in [0.5, 0.6) is 0 Å². The summed E-state index contributed by atoms with van der Waals surface area (Å²) in [5.41, 5.74) is 1.76. The fourth-order valence-electron chi connectivity index (χ4n) is 6.14. The number of rotatable bonds is 11. The average molecular weight is 651 g/mol. The van der Waals surface area contributed by atoms with Crippen molar-refractivity contribution in [2.75, 3.05) is 32.0 Å². The second-order valence-electron chi connectivity index (χ2n) is 11.5. The zero-order valence-corrected chi connectivity index (χ0v) is 26.4. The van der Waals surface area contributed by atoms with Crippen molar-refractivity contribution in [2.45, 2.75) is 36.2 Å². The van der Waals surface area contributed by atoms with Crippen LogP contribution in [-0.2, 0) is 21.2 Å². The first-order valence-electron chi connectivity index (χ1n) is 15.1. The van der Waals surface area contributed by atoms with Crippen LogP contribution in [0.4, 0.5) is 18.9 Å². The minimum absolute atomic E-state index is 0.152. The molecule has 1 amide bonds. The lowest BCUT2D eigenvalue weighted by Gasteiger charge is -2.39. The lowest BCUT2D eigenvalue weighted by atomic mass is 9.84. The first-order chi connectivity index (χ1) is 22.1. The number of nitrogens with one attached hydrogen (secondary N) is 3. The third kappa shape index (κ3) is 7.33. The van der Waals surface area contributed by atoms with Gasteiger partial charge in [-0.05, 0) is 79.0 Å². The van der Waals surface area contributed by atoms with E-state index in [1.54, 1.807) is 67.7 Å². The van der Waals surface area contributed by atoms with Crippen LogP contribution >= 0.6 is 0 Å². The maximum atomic E-state index is 15.5. The van der Waals surface area contributed by atoms with E-state index in [2.05, 4.69) is 16.0 Å². The van der Waals surface area contributed by atoms with E-state index in [0.717, 1.165) is 0 Å². The van der Waals surface area contributed by atoms with Gasteiger partial charge in [0.25, 0.3) is 0 Å². The molecule has 4 aromatic carbocycles. The zero-order chi connectivity index (χ0) is 32.8. The molecule has 46 heavy (non-hydrogen) atoms. The third-order valence-electron chi connectivity index (χ3n) is 8.53. The molecular formula is C35H37F3N4O3S. The molecule has 3 atom stereocenters. The maximum Gasteiger partial charge on any atom is 0.243 e. The van der Waals surface area contributed by atoms with Crippen LogP contribution in [0, 0.1) is 23.4 Å². The predicted molar refractivity (Wildman–Crippen MR) is 172 cm³/mol. The number of halogens is 3. The lowest BCUT2D eigenvalue weighted by Crippen LogP contribution is -2.56. The Hall–Kier alpha value is -4.03. The molecule has 1 saturated heterocycles. The van der Waals surface area contributed by atoms with Gasteiger partial charge < -0.3 is 16.0 Å². The van der Waals surface area contributed by atoms with Crippen molar-refractivity contribution >= 4 is 21.6 Å². The molecule has 0 aliphatic carbocycles. The van der Waals surface area contributed by atoms with Crippen LogP contribution in [0.25, 0.3) is 0 Å². The van der Waals surface area contributed by atoms with E-state index < -0.39 is 51.4 Å². The summed E-state index contributed by atoms with van der Waals surface area (Å²) in [4.78, 5) is 14.1. The number of anilines is 1. The molecule has 1 heterocycles. The second-order valence-corrected chi connectivity index (χ2v) is 13.4. The van der Waals surface area contributed by atoms with Crippen molar-refractivity contribution in [3.63, 3.8) is 0 Å². The molecule has 0 radical (unpaired) electrons. The first-order valence-corrected chi connectivity index (χ1v) is 16.6. The first kappa shape index (κ1) is 33.3. The Labute approximate surface area is 267 Å². The van der Waals surface area contributed by atoms with E-state index in [4.69, 9.17) is 0 Å². The average Bonchev–Trinajstić information content (AvgIpc) is 3.06. The van der Waals surface area contributed by atoms with Crippen molar-refractivity contribution in [1.29, 1.82) is 0 Å². The highest BCUT2D eigenvalue weighted by atomic mass is 32.2. The van der Waals surface area contributed by atoms with E-state index in [9.17, 15) is 22.0 Å². The third-order valence-corrected chi connectivity index (χ3v) is 10.5. The Kier molecular flexibility index (Phi) is 10.6. The zero-order valence-electron chi connectivity index (χ0n) is 25.6. The van der Waals surface area contributed by atoms with Crippen LogP contribution in [0.2, 0.25) is 0 Å². The Bertz CT molecular complexity index is 1690. The molecule has 7 nitrogen and oxygen atoms in total. The van der Waals surface area contributed by atoms with Crippen LogP contribution in [0.3, 0.4) is 0 Å². The number of carbonyl (C=O) groups is 1. The minimum Gasteiger partial charge on any atom is -0.324 e. The van der Waals surface area contributed by atoms with Crippen LogP contribution < -0.4 is 16.0 Å². The number of nitrogens with zero attached hydrogens (tertiary/aromatic N) is 1. The number of amides is 1. The van der Waals surface area contributed by atoms with Crippen molar-refractivity contribution in [3.8, 4) is 0 Å². The molecule has 0 aromatic heterocycles. The fourth-order valence-corrected chi connectivity index (χ4v) is 7.88. The van der Waals surface area contributed by atoms with Gasteiger partial charge in [-0.15, -0.1) is 0 Å². The highest BCUT2D eigenvalue weighted by Gasteiger charge is 2.37. The smallest absolute Gasteiger partial charge is 0.243 e. The molecule has 5 rings (SSSR count). The van der Waals surface area contributed by atoms with Gasteiger partial charge in [0.05, 0.1) is 10.9 Å². The van der Waals surface area contributed by atoms with Gasteiger partial charge in [-0.3, -0.25) is 4.79 Å². The summed E-state index contributed by atoms with van der Waals surface area (Å²) in [6.45, 7) is 3.02. The predicted octanol–water partition coefficient (Wildman–Crippen LogP) is 5.30. The number of hydrogen-bond donors (Lipinski definition) is 3. The van der Waals surface area contributed by atoms with E-state index in [1.165, 1.54) is 40.7 Å². The maximum absolute atomic E-state index is 15.5. The molecule has 1 fully saturated rings. The lowest BCUT2D eigenvalue weighted by molar-refractivity contribution is -0.118. The molecule has 1 aliphatic heterocycles. The van der Waals surface area contributed by atoms with Crippen LogP contribution in [0.15, 0.2) is 102 Å². The number of piperazine rings is 1. The van der Waals surface area contributed by atoms with Crippen molar-refractivity contribution in [3.05, 3.63) is 131 Å². The van der Waals surface area contributed by atoms with Gasteiger partial charge in [-0.2, -0.15) is 4.31 Å². The summed E-state index contributed by atoms with van der Waals surface area (Å²) in [5, 5.41) is 9.19. The van der Waals surface area contributed by atoms with Gasteiger partial charge in [-0.25, -0.2) is 21.6 Å². The summed E-state index contributed by atoms with van der Waals surface area (Å²) in [7, 11) is -2.19. The molecule has 0 bridgehead atoms. The van der Waals surface area contributed by atoms with E-state index in [-0.39, 0.29) is 35.0 Å². The van der Waals surface area contributed by atoms with Gasteiger partial charge in [0.2, 0.25) is 15.9 Å². The SMILES string of the molecule is CN[C@H](C(=O)Nc1cccc(F)c1CC(C)[C@@H]1CNCCN1S(=O)(=O)c1ccccc1)C(c1ccc(F)cc1)c1ccc(F)cc1. The van der Waals surface area contributed by atoms with Gasteiger partial charge >= 0.3 is 0 Å². The van der Waals surface area contributed by atoms with Crippen LogP contribution in [0.1, 0.15) is 29.5 Å². The Morgan fingerprint density at radius 1 is 0.891 bits per heavy atom. The molecular weight excluding hydrogens is 613 g/mol. The topological polar surface area (TPSA) is 90.5 Å². The molecule has 4 aromatic rings. The molecule has 1 unspecified atom stereocenters. The highest BCUT2D eigenvalue weighted by molar-refractivity contribution is 7.89. The second kappa shape index (κ2) is 14.6. The molecule has 1 aliphatic rings. The monoisotopic (exact) mass is 650 g/mol.